The first-order chi connectivity index (χ1) is 4.30. The molecule has 0 aromatic carbocycles. The Balaban J connectivity index is 0. The van der Waals surface area contributed by atoms with Crippen molar-refractivity contribution in [1.29, 1.82) is 0 Å². The van der Waals surface area contributed by atoms with Crippen LogP contribution >= 0.6 is 12.4 Å². The molecule has 0 saturated heterocycles. The topological polar surface area (TPSA) is 30.0 Å². The van der Waals surface area contributed by atoms with Crippen molar-refractivity contribution in [3.05, 3.63) is 30.1 Å². The molecule has 0 saturated carbocycles. The van der Waals surface area contributed by atoms with E-state index in [-0.39, 0.29) is 35.0 Å². The van der Waals surface area contributed by atoms with Gasteiger partial charge in [-0.2, -0.15) is 0 Å². The molecule has 1 radical (unpaired) electrons. The molecule has 4 heteroatoms. The fourth-order valence-corrected chi connectivity index (χ4v) is 0.587. The van der Waals surface area contributed by atoms with Crippen LogP contribution in [0.15, 0.2) is 24.5 Å². The summed E-state index contributed by atoms with van der Waals surface area (Å²) >= 11 is 0. The standard InChI is InChI=1S/C7H7NO.ClH.Co/c1-6(9)7-2-4-8-5-3-7;;/h2-5H,1H3;1H;. The van der Waals surface area contributed by atoms with Gasteiger partial charge in [0.05, 0.1) is 0 Å². The molecule has 63 valence electrons. The van der Waals surface area contributed by atoms with Gasteiger partial charge >= 0.3 is 0 Å². The third-order valence-corrected chi connectivity index (χ3v) is 1.09. The molecule has 2 nitrogen and oxygen atoms in total. The van der Waals surface area contributed by atoms with Gasteiger partial charge in [0.1, 0.15) is 0 Å². The molecule has 0 aliphatic rings. The van der Waals surface area contributed by atoms with Crippen LogP contribution in [0.25, 0.3) is 0 Å². The minimum absolute atomic E-state index is 0. The smallest absolute Gasteiger partial charge is 0.159 e. The summed E-state index contributed by atoms with van der Waals surface area (Å²) in [5.74, 6) is 0.0809. The second-order valence-corrected chi connectivity index (χ2v) is 1.79. The quantitative estimate of drug-likeness (QED) is 0.669. The van der Waals surface area contributed by atoms with Crippen molar-refractivity contribution in [2.75, 3.05) is 0 Å². The van der Waals surface area contributed by atoms with Gasteiger partial charge in [-0.05, 0) is 19.1 Å². The summed E-state index contributed by atoms with van der Waals surface area (Å²) < 4.78 is 0. The number of hydrogen-bond donors (Lipinski definition) is 0. The van der Waals surface area contributed by atoms with E-state index in [9.17, 15) is 4.79 Å². The van der Waals surface area contributed by atoms with Crippen LogP contribution in [0.3, 0.4) is 0 Å². The number of carbonyl (C=O) groups excluding carboxylic acids is 1. The average molecular weight is 217 g/mol. The predicted octanol–water partition coefficient (Wildman–Crippen LogP) is 1.70. The van der Waals surface area contributed by atoms with Gasteiger partial charge in [0, 0.05) is 34.7 Å². The van der Waals surface area contributed by atoms with E-state index in [2.05, 4.69) is 4.98 Å². The maximum Gasteiger partial charge on any atom is 0.159 e. The molecule has 0 fully saturated rings. The summed E-state index contributed by atoms with van der Waals surface area (Å²) in [7, 11) is 0. The Hall–Kier alpha value is -0.384. The van der Waals surface area contributed by atoms with Crippen molar-refractivity contribution >= 4 is 18.2 Å². The van der Waals surface area contributed by atoms with Crippen LogP contribution in [-0.2, 0) is 16.8 Å². The Morgan fingerprint density at radius 3 is 2.09 bits per heavy atom. The number of aromatic nitrogens is 1. The summed E-state index contributed by atoms with van der Waals surface area (Å²) in [5, 5.41) is 0. The molecule has 1 aromatic heterocycles. The first-order valence-corrected chi connectivity index (χ1v) is 2.71. The van der Waals surface area contributed by atoms with Gasteiger partial charge in [0.2, 0.25) is 0 Å². The number of nitrogens with zero attached hydrogens (tertiary/aromatic N) is 1. The Morgan fingerprint density at radius 2 is 1.82 bits per heavy atom. The third kappa shape index (κ3) is 4.13. The molecule has 1 rings (SSSR count). The van der Waals surface area contributed by atoms with E-state index in [1.165, 1.54) is 6.92 Å². The van der Waals surface area contributed by atoms with Gasteiger partial charge in [-0.25, -0.2) is 0 Å². The van der Waals surface area contributed by atoms with Crippen LogP contribution in [-0.4, -0.2) is 10.8 Å². The van der Waals surface area contributed by atoms with Gasteiger partial charge < -0.3 is 0 Å². The third-order valence-electron chi connectivity index (χ3n) is 1.09. The van der Waals surface area contributed by atoms with E-state index in [1.54, 1.807) is 24.5 Å². The molecule has 0 bridgehead atoms. The largest absolute Gasteiger partial charge is 0.295 e. The van der Waals surface area contributed by atoms with Gasteiger partial charge in [-0.1, -0.05) is 0 Å². The van der Waals surface area contributed by atoms with Crippen LogP contribution < -0.4 is 0 Å². The molecule has 0 N–H and O–H groups in total. The number of carbonyl (C=O) groups is 1. The van der Waals surface area contributed by atoms with Gasteiger partial charge in [0.25, 0.3) is 0 Å². The monoisotopic (exact) mass is 216 g/mol. The van der Waals surface area contributed by atoms with Crippen LogP contribution in [0.2, 0.25) is 0 Å². The summed E-state index contributed by atoms with van der Waals surface area (Å²) in [4.78, 5) is 14.4. The van der Waals surface area contributed by atoms with Gasteiger partial charge in [-0.3, -0.25) is 9.78 Å². The Bertz CT molecular complexity index is 215. The molecular formula is C7H8ClCoNO. The summed E-state index contributed by atoms with van der Waals surface area (Å²) in [5.41, 5.74) is 0.713. The fraction of sp³-hybridized carbons (Fsp3) is 0.143. The summed E-state index contributed by atoms with van der Waals surface area (Å²) in [6, 6.07) is 3.39. The van der Waals surface area contributed by atoms with Crippen molar-refractivity contribution in [3.8, 4) is 0 Å². The number of ketones is 1. The fourth-order valence-electron chi connectivity index (χ4n) is 0.587. The van der Waals surface area contributed by atoms with Crippen LogP contribution in [0.5, 0.6) is 0 Å². The minimum Gasteiger partial charge on any atom is -0.295 e. The van der Waals surface area contributed by atoms with Crippen molar-refractivity contribution in [3.63, 3.8) is 0 Å². The van der Waals surface area contributed by atoms with E-state index >= 15 is 0 Å². The molecule has 0 aliphatic carbocycles. The molecule has 0 amide bonds. The van der Waals surface area contributed by atoms with E-state index in [1.807, 2.05) is 0 Å². The SMILES string of the molecule is CC(=O)c1ccncc1.Cl.[Co]. The van der Waals surface area contributed by atoms with Crippen molar-refractivity contribution in [1.82, 2.24) is 4.98 Å². The van der Waals surface area contributed by atoms with Gasteiger partial charge in [0.15, 0.2) is 5.78 Å². The maximum absolute atomic E-state index is 10.6. The zero-order chi connectivity index (χ0) is 6.69. The number of hydrogen-bond acceptors (Lipinski definition) is 2. The summed E-state index contributed by atoms with van der Waals surface area (Å²) in [6.07, 6.45) is 3.22. The first-order valence-electron chi connectivity index (χ1n) is 2.71. The predicted molar refractivity (Wildman–Crippen MR) is 41.5 cm³/mol. The number of Topliss-reactive ketones (excluding diaryl/α,β-unsaturated/α-hetero) is 1. The van der Waals surface area contributed by atoms with Crippen LogP contribution in [0, 0.1) is 0 Å². The number of halogens is 1. The molecule has 0 unspecified atom stereocenters. The second-order valence-electron chi connectivity index (χ2n) is 1.79. The van der Waals surface area contributed by atoms with Crippen LogP contribution in [0.4, 0.5) is 0 Å². The Kier molecular flexibility index (Phi) is 7.62. The van der Waals surface area contributed by atoms with E-state index in [0.717, 1.165) is 0 Å². The van der Waals surface area contributed by atoms with Crippen LogP contribution in [0.1, 0.15) is 17.3 Å². The van der Waals surface area contributed by atoms with Crippen molar-refractivity contribution in [2.24, 2.45) is 0 Å². The second kappa shape index (κ2) is 6.33. The minimum atomic E-state index is 0. The normalized spacial score (nSPS) is 7.36. The van der Waals surface area contributed by atoms with Crippen molar-refractivity contribution in [2.45, 2.75) is 6.92 Å². The zero-order valence-corrected chi connectivity index (χ0v) is 7.76. The molecule has 0 atom stereocenters. The molecule has 1 heterocycles. The summed E-state index contributed by atoms with van der Waals surface area (Å²) in [6.45, 7) is 1.54. The van der Waals surface area contributed by atoms with E-state index < -0.39 is 0 Å². The van der Waals surface area contributed by atoms with E-state index in [4.69, 9.17) is 0 Å². The molecule has 0 spiro atoms. The van der Waals surface area contributed by atoms with Gasteiger partial charge in [-0.15, -0.1) is 12.4 Å². The Labute approximate surface area is 82.0 Å². The molecule has 1 aromatic rings. The van der Waals surface area contributed by atoms with Crippen molar-refractivity contribution < 1.29 is 21.6 Å². The Morgan fingerprint density at radius 1 is 1.36 bits per heavy atom. The number of pyridine rings is 1. The molecular weight excluding hydrogens is 208 g/mol. The zero-order valence-electron chi connectivity index (χ0n) is 5.91. The average Bonchev–Trinajstić information content (AvgIpc) is 1.90. The maximum atomic E-state index is 10.6. The van der Waals surface area contributed by atoms with E-state index in [0.29, 0.717) is 5.56 Å². The molecule has 0 aliphatic heterocycles. The molecule has 11 heavy (non-hydrogen) atoms. The first kappa shape index (κ1) is 13.2. The number of rotatable bonds is 1.